The third kappa shape index (κ3) is 2.06. The predicted molar refractivity (Wildman–Crippen MR) is 89.6 cm³/mol. The molecule has 1 aliphatic carbocycles. The predicted octanol–water partition coefficient (Wildman–Crippen LogP) is 5.14. The minimum Gasteiger partial charge on any atom is -0.289 e. The largest absolute Gasteiger partial charge is 0.289 e. The Morgan fingerprint density at radius 1 is 0.818 bits per heavy atom. The lowest BCUT2D eigenvalue weighted by Crippen LogP contribution is -2.02. The maximum atomic E-state index is 12.7. The first-order valence-electron chi connectivity index (χ1n) is 7.24. The van der Waals surface area contributed by atoms with E-state index in [0.29, 0.717) is 16.1 Å². The van der Waals surface area contributed by atoms with Gasteiger partial charge in [-0.15, -0.1) is 0 Å². The highest BCUT2D eigenvalue weighted by atomic mass is 35.5. The number of rotatable bonds is 2. The first-order valence-corrected chi connectivity index (χ1v) is 7.62. The summed E-state index contributed by atoms with van der Waals surface area (Å²) in [5.74, 6) is -0.0237. The molecule has 0 aromatic heterocycles. The molecule has 4 rings (SSSR count). The van der Waals surface area contributed by atoms with Gasteiger partial charge in [-0.3, -0.25) is 4.79 Å². The van der Waals surface area contributed by atoms with Crippen molar-refractivity contribution in [2.75, 3.05) is 0 Å². The summed E-state index contributed by atoms with van der Waals surface area (Å²) >= 11 is 6.14. The smallest absolute Gasteiger partial charge is 0.194 e. The fraction of sp³-hybridized carbons (Fsp3) is 0.0500. The number of carbonyl (C=O) groups is 1. The zero-order valence-corrected chi connectivity index (χ0v) is 12.6. The second-order valence-electron chi connectivity index (χ2n) is 5.51. The molecule has 0 saturated heterocycles. The number of hydrogen-bond donors (Lipinski definition) is 0. The molecular formula is C20H13ClO. The van der Waals surface area contributed by atoms with Crippen LogP contribution < -0.4 is 0 Å². The van der Waals surface area contributed by atoms with E-state index >= 15 is 0 Å². The SMILES string of the molecule is O=C(c1ccc2c(c1)Cc1ccccc1-2)c1ccccc1Cl. The Morgan fingerprint density at radius 2 is 1.55 bits per heavy atom. The molecule has 0 fully saturated rings. The van der Waals surface area contributed by atoms with Gasteiger partial charge in [0.25, 0.3) is 0 Å². The van der Waals surface area contributed by atoms with Crippen LogP contribution in [0.25, 0.3) is 11.1 Å². The van der Waals surface area contributed by atoms with Crippen LogP contribution in [0.1, 0.15) is 27.0 Å². The summed E-state index contributed by atoms with van der Waals surface area (Å²) < 4.78 is 0. The molecule has 0 aliphatic heterocycles. The number of fused-ring (bicyclic) bond motifs is 3. The quantitative estimate of drug-likeness (QED) is 0.468. The van der Waals surface area contributed by atoms with E-state index in [4.69, 9.17) is 11.6 Å². The molecule has 0 amide bonds. The average molecular weight is 305 g/mol. The van der Waals surface area contributed by atoms with E-state index in [1.807, 2.05) is 30.3 Å². The Balaban J connectivity index is 1.76. The summed E-state index contributed by atoms with van der Waals surface area (Å²) in [7, 11) is 0. The zero-order valence-electron chi connectivity index (χ0n) is 11.8. The molecule has 0 N–H and O–H groups in total. The monoisotopic (exact) mass is 304 g/mol. The number of halogens is 1. The molecule has 3 aromatic rings. The van der Waals surface area contributed by atoms with Gasteiger partial charge in [-0.1, -0.05) is 60.1 Å². The molecule has 0 saturated carbocycles. The van der Waals surface area contributed by atoms with E-state index in [1.165, 1.54) is 22.3 Å². The van der Waals surface area contributed by atoms with E-state index in [-0.39, 0.29) is 5.78 Å². The van der Waals surface area contributed by atoms with Gasteiger partial charge in [0.05, 0.1) is 5.02 Å². The lowest BCUT2D eigenvalue weighted by molar-refractivity contribution is 0.103. The number of ketones is 1. The van der Waals surface area contributed by atoms with Crippen molar-refractivity contribution in [3.8, 4) is 11.1 Å². The first kappa shape index (κ1) is 13.3. The molecule has 0 unspecified atom stereocenters. The molecule has 0 spiro atoms. The second-order valence-corrected chi connectivity index (χ2v) is 5.92. The average Bonchev–Trinajstić information content (AvgIpc) is 2.92. The van der Waals surface area contributed by atoms with Crippen molar-refractivity contribution < 1.29 is 4.79 Å². The van der Waals surface area contributed by atoms with Gasteiger partial charge >= 0.3 is 0 Å². The highest BCUT2D eigenvalue weighted by molar-refractivity contribution is 6.35. The molecule has 1 nitrogen and oxygen atoms in total. The van der Waals surface area contributed by atoms with Crippen LogP contribution in [0.15, 0.2) is 66.7 Å². The minimum absolute atomic E-state index is 0.0237. The maximum Gasteiger partial charge on any atom is 0.194 e. The van der Waals surface area contributed by atoms with E-state index in [1.54, 1.807) is 12.1 Å². The number of carbonyl (C=O) groups excluding carboxylic acids is 1. The summed E-state index contributed by atoms with van der Waals surface area (Å²) in [5, 5.41) is 0.497. The van der Waals surface area contributed by atoms with Crippen LogP contribution in [0.2, 0.25) is 5.02 Å². The molecule has 1 aliphatic rings. The van der Waals surface area contributed by atoms with Crippen molar-refractivity contribution in [2.45, 2.75) is 6.42 Å². The minimum atomic E-state index is -0.0237. The Kier molecular flexibility index (Phi) is 3.09. The lowest BCUT2D eigenvalue weighted by Gasteiger charge is -2.06. The van der Waals surface area contributed by atoms with Crippen LogP contribution in [-0.4, -0.2) is 5.78 Å². The molecule has 2 heteroatoms. The van der Waals surface area contributed by atoms with Crippen molar-refractivity contribution in [1.82, 2.24) is 0 Å². The van der Waals surface area contributed by atoms with Crippen molar-refractivity contribution in [1.29, 1.82) is 0 Å². The highest BCUT2D eigenvalue weighted by Gasteiger charge is 2.20. The molecular weight excluding hydrogens is 292 g/mol. The third-order valence-corrected chi connectivity index (χ3v) is 4.50. The molecule has 0 heterocycles. The van der Waals surface area contributed by atoms with E-state index in [2.05, 4.69) is 24.3 Å². The number of benzene rings is 3. The van der Waals surface area contributed by atoms with E-state index in [0.717, 1.165) is 6.42 Å². The van der Waals surface area contributed by atoms with Gasteiger partial charge < -0.3 is 0 Å². The zero-order chi connectivity index (χ0) is 15.1. The van der Waals surface area contributed by atoms with Gasteiger partial charge in [0.2, 0.25) is 0 Å². The third-order valence-electron chi connectivity index (χ3n) is 4.17. The van der Waals surface area contributed by atoms with Crippen molar-refractivity contribution >= 4 is 17.4 Å². The van der Waals surface area contributed by atoms with E-state index in [9.17, 15) is 4.79 Å². The van der Waals surface area contributed by atoms with Crippen LogP contribution >= 0.6 is 11.6 Å². The Bertz CT molecular complexity index is 896. The van der Waals surface area contributed by atoms with Gasteiger partial charge in [0, 0.05) is 11.1 Å². The Morgan fingerprint density at radius 3 is 2.41 bits per heavy atom. The Labute approximate surface area is 134 Å². The van der Waals surface area contributed by atoms with Crippen molar-refractivity contribution in [2.24, 2.45) is 0 Å². The second kappa shape index (κ2) is 5.11. The summed E-state index contributed by atoms with van der Waals surface area (Å²) in [6.45, 7) is 0. The molecule has 3 aromatic carbocycles. The van der Waals surface area contributed by atoms with Crippen LogP contribution in [-0.2, 0) is 6.42 Å². The standard InChI is InChI=1S/C20H13ClO/c21-19-8-4-3-7-18(19)20(22)14-9-10-17-15(12-14)11-13-5-1-2-6-16(13)17/h1-10,12H,11H2. The fourth-order valence-corrected chi connectivity index (χ4v) is 3.31. The van der Waals surface area contributed by atoms with Gasteiger partial charge in [-0.25, -0.2) is 0 Å². The molecule has 0 atom stereocenters. The molecule has 106 valence electrons. The van der Waals surface area contributed by atoms with Crippen molar-refractivity contribution in [3.63, 3.8) is 0 Å². The van der Waals surface area contributed by atoms with Crippen LogP contribution in [0.3, 0.4) is 0 Å². The summed E-state index contributed by atoms with van der Waals surface area (Å²) in [4.78, 5) is 12.7. The Hall–Kier alpha value is -2.38. The van der Waals surface area contributed by atoms with Crippen LogP contribution in [0.5, 0.6) is 0 Å². The van der Waals surface area contributed by atoms with Gasteiger partial charge in [0.15, 0.2) is 5.78 Å². The molecule has 0 bridgehead atoms. The molecule has 0 radical (unpaired) electrons. The maximum absolute atomic E-state index is 12.7. The van der Waals surface area contributed by atoms with Crippen LogP contribution in [0.4, 0.5) is 0 Å². The first-order chi connectivity index (χ1) is 10.7. The van der Waals surface area contributed by atoms with E-state index < -0.39 is 0 Å². The normalized spacial score (nSPS) is 11.9. The van der Waals surface area contributed by atoms with Crippen LogP contribution in [0, 0.1) is 0 Å². The summed E-state index contributed by atoms with van der Waals surface area (Å²) in [6, 6.07) is 21.5. The summed E-state index contributed by atoms with van der Waals surface area (Å²) in [6.07, 6.45) is 0.884. The molecule has 22 heavy (non-hydrogen) atoms. The highest BCUT2D eigenvalue weighted by Crippen LogP contribution is 2.37. The number of hydrogen-bond acceptors (Lipinski definition) is 1. The van der Waals surface area contributed by atoms with Gasteiger partial charge in [-0.2, -0.15) is 0 Å². The van der Waals surface area contributed by atoms with Gasteiger partial charge in [0.1, 0.15) is 0 Å². The fourth-order valence-electron chi connectivity index (χ4n) is 3.09. The topological polar surface area (TPSA) is 17.1 Å². The lowest BCUT2D eigenvalue weighted by atomic mass is 9.98. The summed E-state index contributed by atoms with van der Waals surface area (Å²) in [5.41, 5.74) is 6.28. The van der Waals surface area contributed by atoms with Gasteiger partial charge in [-0.05, 0) is 46.9 Å². The van der Waals surface area contributed by atoms with Crippen molar-refractivity contribution in [3.05, 3.63) is 94.0 Å².